The Bertz CT molecular complexity index is 1020. The predicted molar refractivity (Wildman–Crippen MR) is 162 cm³/mol. The van der Waals surface area contributed by atoms with Gasteiger partial charge in [-0.2, -0.15) is 73.2 Å². The third kappa shape index (κ3) is 11.8. The maximum absolute atomic E-state index is 3.82. The zero-order valence-corrected chi connectivity index (χ0v) is 25.6. The van der Waals surface area contributed by atoms with Crippen LogP contribution in [0.25, 0.3) is 23.3 Å². The fourth-order valence-corrected chi connectivity index (χ4v) is 3.46. The Morgan fingerprint density at radius 2 is 1.56 bits per heavy atom. The normalized spacial score (nSPS) is 12.6. The van der Waals surface area contributed by atoms with Crippen LogP contribution in [0.3, 0.4) is 0 Å². The molecule has 36 heavy (non-hydrogen) atoms. The molecule has 0 aromatic heterocycles. The number of rotatable bonds is 2. The fraction of sp³-hybridized carbons (Fsp3) is 0.152. The molecule has 0 heterocycles. The molecule has 1 atom stereocenters. The van der Waals surface area contributed by atoms with Crippen LogP contribution in [0.5, 0.6) is 0 Å². The maximum atomic E-state index is 3.82. The van der Waals surface area contributed by atoms with Gasteiger partial charge in [0.2, 0.25) is 0 Å². The molecule has 3 aromatic carbocycles. The van der Waals surface area contributed by atoms with Crippen molar-refractivity contribution < 1.29 is 24.2 Å². The van der Waals surface area contributed by atoms with Crippen LogP contribution >= 0.6 is 24.8 Å². The van der Waals surface area contributed by atoms with Crippen LogP contribution in [0.1, 0.15) is 43.0 Å². The second-order valence-corrected chi connectivity index (χ2v) is 7.41. The van der Waals surface area contributed by atoms with Gasteiger partial charge in [-0.1, -0.05) is 54.8 Å². The molecule has 190 valence electrons. The van der Waals surface area contributed by atoms with E-state index in [0.717, 1.165) is 12.0 Å². The molecule has 0 N–H and O–H groups in total. The molecular formula is C33H36Cl2Zr-4. The van der Waals surface area contributed by atoms with Gasteiger partial charge in [0.15, 0.2) is 0 Å². The number of hydrogen-bond donors (Lipinski definition) is 0. The number of benzene rings is 3. The first-order chi connectivity index (χ1) is 16.6. The van der Waals surface area contributed by atoms with E-state index in [9.17, 15) is 0 Å². The van der Waals surface area contributed by atoms with Crippen molar-refractivity contribution in [3.8, 4) is 11.1 Å². The summed E-state index contributed by atoms with van der Waals surface area (Å²) in [6.07, 6.45) is 12.1. The van der Waals surface area contributed by atoms with Crippen LogP contribution in [0.4, 0.5) is 0 Å². The Balaban J connectivity index is 0. The van der Waals surface area contributed by atoms with Crippen molar-refractivity contribution in [2.24, 2.45) is 5.92 Å². The summed E-state index contributed by atoms with van der Waals surface area (Å²) in [5.74, 6) is 0.556. The first-order valence-corrected chi connectivity index (χ1v) is 13.0. The number of hydrogen-bond acceptors (Lipinski definition) is 0. The second-order valence-electron chi connectivity index (χ2n) is 7.41. The van der Waals surface area contributed by atoms with Gasteiger partial charge < -0.3 is 6.92 Å². The number of fused-ring (bicyclic) bond motifs is 3. The van der Waals surface area contributed by atoms with Gasteiger partial charge in [0.1, 0.15) is 0 Å². The van der Waals surface area contributed by atoms with Crippen LogP contribution in [0.2, 0.25) is 0 Å². The molecule has 0 saturated carbocycles. The summed E-state index contributed by atoms with van der Waals surface area (Å²) in [6.45, 7) is 16.9. The van der Waals surface area contributed by atoms with Crippen LogP contribution < -0.4 is 0 Å². The van der Waals surface area contributed by atoms with Gasteiger partial charge in [0, 0.05) is 0 Å². The summed E-state index contributed by atoms with van der Waals surface area (Å²) in [4.78, 5) is 0. The van der Waals surface area contributed by atoms with Crippen LogP contribution in [-0.2, 0) is 30.7 Å². The van der Waals surface area contributed by atoms with Crippen molar-refractivity contribution in [1.82, 2.24) is 0 Å². The predicted octanol–water partition coefficient (Wildman–Crippen LogP) is 9.42. The molecule has 0 saturated heterocycles. The van der Waals surface area contributed by atoms with E-state index in [2.05, 4.69) is 86.7 Å². The topological polar surface area (TPSA) is 0 Å². The molecule has 0 amide bonds. The first-order valence-electron chi connectivity index (χ1n) is 11.3. The van der Waals surface area contributed by atoms with Crippen LogP contribution in [0.15, 0.2) is 91.5 Å². The van der Waals surface area contributed by atoms with Gasteiger partial charge in [-0.05, 0) is 12.0 Å². The molecular weight excluding hydrogens is 558 g/mol. The molecule has 3 heteroatoms. The monoisotopic (exact) mass is 592 g/mol. The standard InChI is InChI=1S/C17H13.C7H9.C6H5.C2H5.CH2.2ClH.Zr/c1-3-12-5-7-14-11-15-8-6-13(4-2)10-17(15)16(14)9-12;1-6-3-4-7(2)5-6;1-2-4-6-5-3-1;1-2;;;;/h3-7,9-10H,1-2,11H2;3,5,7H,1-2H3;1-5H;1H2,2H3;1H2;2*1H;/q4*-1;;;;. The zero-order valence-electron chi connectivity index (χ0n) is 21.5. The van der Waals surface area contributed by atoms with Gasteiger partial charge in [0.25, 0.3) is 0 Å². The Kier molecular flexibility index (Phi) is 21.1. The minimum absolute atomic E-state index is 0. The summed E-state index contributed by atoms with van der Waals surface area (Å²) < 4.78 is 3.34. The van der Waals surface area contributed by atoms with E-state index in [0.29, 0.717) is 5.92 Å². The van der Waals surface area contributed by atoms with E-state index in [1.165, 1.54) is 57.6 Å². The smallest absolute Gasteiger partial charge is 0.171 e. The van der Waals surface area contributed by atoms with E-state index < -0.39 is 0 Å². The average Bonchev–Trinajstić information content (AvgIpc) is 3.48. The van der Waals surface area contributed by atoms with Gasteiger partial charge in [-0.15, -0.1) is 55.5 Å². The summed E-state index contributed by atoms with van der Waals surface area (Å²) in [7, 11) is 0. The van der Waals surface area contributed by atoms with E-state index in [1.807, 2.05) is 54.6 Å². The fourth-order valence-electron chi connectivity index (χ4n) is 3.46. The third-order valence-corrected chi connectivity index (χ3v) is 5.01. The molecule has 0 bridgehead atoms. The number of allylic oxidation sites excluding steroid dienone is 4. The van der Waals surface area contributed by atoms with Crippen LogP contribution in [-0.4, -0.2) is 4.21 Å². The van der Waals surface area contributed by atoms with E-state index in [-0.39, 0.29) is 24.8 Å². The molecule has 0 spiro atoms. The summed E-state index contributed by atoms with van der Waals surface area (Å²) in [5, 5.41) is 0. The van der Waals surface area contributed by atoms with E-state index in [4.69, 9.17) is 0 Å². The quantitative estimate of drug-likeness (QED) is 0.203. The molecule has 0 aliphatic heterocycles. The van der Waals surface area contributed by atoms with E-state index in [1.54, 1.807) is 6.92 Å². The molecule has 1 unspecified atom stereocenters. The zero-order chi connectivity index (χ0) is 25.3. The number of halogens is 2. The molecule has 2 aliphatic rings. The van der Waals surface area contributed by atoms with Crippen molar-refractivity contribution in [3.05, 3.63) is 139 Å². The largest absolute Gasteiger partial charge is 0.184 e. The Morgan fingerprint density at radius 3 is 1.97 bits per heavy atom. The summed E-state index contributed by atoms with van der Waals surface area (Å²) >= 11 is 1.30. The minimum Gasteiger partial charge on any atom is -0.184 e. The Hall–Kier alpha value is -2.05. The Labute approximate surface area is 247 Å². The van der Waals surface area contributed by atoms with Gasteiger partial charge in [-0.25, -0.2) is 11.6 Å². The molecule has 5 rings (SSSR count). The SMILES string of the molecule is C=Cc1c[c-]c2c(c1)-c1cc(C=C)ccc1C2.CC1=CC(C)[C-]=C1.Cl.Cl.[CH2-]C.[CH2]=[Zr].[c-]1ccccc1. The van der Waals surface area contributed by atoms with E-state index >= 15 is 0 Å². The summed E-state index contributed by atoms with van der Waals surface area (Å²) in [5.41, 5.74) is 8.90. The molecule has 0 radical (unpaired) electrons. The summed E-state index contributed by atoms with van der Waals surface area (Å²) in [6, 6.07) is 26.6. The third-order valence-electron chi connectivity index (χ3n) is 5.01. The van der Waals surface area contributed by atoms with Crippen molar-refractivity contribution in [2.45, 2.75) is 27.2 Å². The van der Waals surface area contributed by atoms with Crippen molar-refractivity contribution in [1.29, 1.82) is 0 Å². The van der Waals surface area contributed by atoms with Gasteiger partial charge in [0.05, 0.1) is 0 Å². The maximum Gasteiger partial charge on any atom is -0.171 e. The molecule has 0 nitrogen and oxygen atoms in total. The van der Waals surface area contributed by atoms with Crippen molar-refractivity contribution in [3.63, 3.8) is 0 Å². The molecule has 2 aliphatic carbocycles. The van der Waals surface area contributed by atoms with Crippen molar-refractivity contribution >= 4 is 41.2 Å². The second kappa shape index (κ2) is 21.1. The van der Waals surface area contributed by atoms with Gasteiger partial charge in [-0.3, -0.25) is 6.08 Å². The average molecular weight is 595 g/mol. The van der Waals surface area contributed by atoms with Gasteiger partial charge >= 0.3 is 28.4 Å². The first kappa shape index (κ1) is 36.1. The van der Waals surface area contributed by atoms with Crippen molar-refractivity contribution in [2.75, 3.05) is 0 Å². The Morgan fingerprint density at radius 1 is 0.944 bits per heavy atom. The molecule has 0 fully saturated rings. The van der Waals surface area contributed by atoms with Crippen LogP contribution in [0, 0.1) is 31.1 Å². The molecule has 3 aromatic rings. The minimum atomic E-state index is 0.